The summed E-state index contributed by atoms with van der Waals surface area (Å²) in [6.07, 6.45) is 4.49. The molecule has 11 heavy (non-hydrogen) atoms. The Labute approximate surface area is 72.3 Å². The molecule has 0 heterocycles. The van der Waals surface area contributed by atoms with Gasteiger partial charge < -0.3 is 5.32 Å². The normalized spacial score (nSPS) is 20.5. The highest BCUT2D eigenvalue weighted by molar-refractivity contribution is 6.27. The van der Waals surface area contributed by atoms with Gasteiger partial charge in [0.2, 0.25) is 5.91 Å². The third-order valence-electron chi connectivity index (χ3n) is 2.51. The summed E-state index contributed by atoms with van der Waals surface area (Å²) in [7, 11) is 0. The molecule has 0 aromatic carbocycles. The molecule has 1 fully saturated rings. The predicted octanol–water partition coefficient (Wildman–Crippen LogP) is 1.67. The van der Waals surface area contributed by atoms with E-state index >= 15 is 0 Å². The lowest BCUT2D eigenvalue weighted by molar-refractivity contribution is -0.121. The van der Waals surface area contributed by atoms with Gasteiger partial charge in [0.15, 0.2) is 0 Å². The summed E-state index contributed by atoms with van der Waals surface area (Å²) >= 11 is 5.38. The average Bonchev–Trinajstić information content (AvgIpc) is 1.96. The number of rotatable bonds is 3. The van der Waals surface area contributed by atoms with Gasteiger partial charge in [-0.1, -0.05) is 6.92 Å². The maximum atomic E-state index is 10.9. The number of nitrogens with one attached hydrogen (secondary N) is 1. The van der Waals surface area contributed by atoms with Crippen molar-refractivity contribution in [3.8, 4) is 0 Å². The van der Waals surface area contributed by atoms with E-state index in [1.165, 1.54) is 6.42 Å². The molecule has 1 rings (SSSR count). The molecule has 1 N–H and O–H groups in total. The van der Waals surface area contributed by atoms with Gasteiger partial charge in [0.25, 0.3) is 0 Å². The first kappa shape index (κ1) is 8.85. The van der Waals surface area contributed by atoms with Crippen LogP contribution in [0.2, 0.25) is 0 Å². The molecule has 0 aliphatic heterocycles. The zero-order chi connectivity index (χ0) is 8.32. The third-order valence-corrected chi connectivity index (χ3v) is 2.76. The van der Waals surface area contributed by atoms with E-state index in [2.05, 4.69) is 12.2 Å². The molecule has 0 unspecified atom stereocenters. The standard InChI is InChI=1S/C8H14ClNO/c1-2-8(4-3-5-8)10-7(11)6-9/h2-6H2,1H3,(H,10,11). The SMILES string of the molecule is CCC1(NC(=O)CCl)CCC1. The molecule has 0 aromatic rings. The first-order chi connectivity index (χ1) is 5.22. The molecule has 0 bridgehead atoms. The molecule has 1 aliphatic carbocycles. The molecular formula is C8H14ClNO. The Morgan fingerprint density at radius 2 is 2.27 bits per heavy atom. The molecule has 0 saturated heterocycles. The maximum absolute atomic E-state index is 10.9. The first-order valence-electron chi connectivity index (χ1n) is 4.09. The van der Waals surface area contributed by atoms with Gasteiger partial charge in [-0.15, -0.1) is 11.6 Å². The Morgan fingerprint density at radius 1 is 1.64 bits per heavy atom. The highest BCUT2D eigenvalue weighted by atomic mass is 35.5. The minimum atomic E-state index is -0.0341. The lowest BCUT2D eigenvalue weighted by atomic mass is 9.75. The summed E-state index contributed by atoms with van der Waals surface area (Å²) in [5, 5.41) is 2.96. The summed E-state index contributed by atoms with van der Waals surface area (Å²) < 4.78 is 0. The Kier molecular flexibility index (Phi) is 2.77. The van der Waals surface area contributed by atoms with E-state index in [1.807, 2.05) is 0 Å². The zero-order valence-electron chi connectivity index (χ0n) is 6.82. The van der Waals surface area contributed by atoms with Gasteiger partial charge >= 0.3 is 0 Å². The van der Waals surface area contributed by atoms with Crippen molar-refractivity contribution >= 4 is 17.5 Å². The molecule has 1 amide bonds. The Bertz CT molecular complexity index is 149. The maximum Gasteiger partial charge on any atom is 0.235 e. The monoisotopic (exact) mass is 175 g/mol. The molecule has 0 aromatic heterocycles. The number of carbonyl (C=O) groups excluding carboxylic acids is 1. The van der Waals surface area contributed by atoms with E-state index in [0.29, 0.717) is 0 Å². The third kappa shape index (κ3) is 1.86. The molecule has 0 spiro atoms. The summed E-state index contributed by atoms with van der Waals surface area (Å²) in [4.78, 5) is 10.9. The van der Waals surface area contributed by atoms with Crippen molar-refractivity contribution < 1.29 is 4.79 Å². The van der Waals surface area contributed by atoms with Crippen LogP contribution >= 0.6 is 11.6 Å². The fourth-order valence-electron chi connectivity index (χ4n) is 1.50. The van der Waals surface area contributed by atoms with Gasteiger partial charge in [0.05, 0.1) is 0 Å². The van der Waals surface area contributed by atoms with Gasteiger partial charge in [0, 0.05) is 5.54 Å². The summed E-state index contributed by atoms with van der Waals surface area (Å²) in [6, 6.07) is 0. The van der Waals surface area contributed by atoms with Crippen LogP contribution in [-0.4, -0.2) is 17.3 Å². The van der Waals surface area contributed by atoms with E-state index in [1.54, 1.807) is 0 Å². The van der Waals surface area contributed by atoms with Crippen LogP contribution in [0.15, 0.2) is 0 Å². The van der Waals surface area contributed by atoms with Crippen molar-refractivity contribution in [1.29, 1.82) is 0 Å². The van der Waals surface area contributed by atoms with E-state index in [9.17, 15) is 4.79 Å². The average molecular weight is 176 g/mol. The molecular weight excluding hydrogens is 162 g/mol. The van der Waals surface area contributed by atoms with Gasteiger partial charge in [0.1, 0.15) is 5.88 Å². The van der Waals surface area contributed by atoms with E-state index in [4.69, 9.17) is 11.6 Å². The largest absolute Gasteiger partial charge is 0.350 e. The minimum absolute atomic E-state index is 0.0341. The smallest absolute Gasteiger partial charge is 0.235 e. The Balaban J connectivity index is 2.38. The zero-order valence-corrected chi connectivity index (χ0v) is 7.58. The quantitative estimate of drug-likeness (QED) is 0.650. The molecule has 0 radical (unpaired) electrons. The van der Waals surface area contributed by atoms with Crippen LogP contribution in [0.4, 0.5) is 0 Å². The Morgan fingerprint density at radius 3 is 2.55 bits per heavy atom. The van der Waals surface area contributed by atoms with Crippen molar-refractivity contribution in [3.05, 3.63) is 0 Å². The van der Waals surface area contributed by atoms with Crippen molar-refractivity contribution in [3.63, 3.8) is 0 Å². The van der Waals surface area contributed by atoms with Crippen LogP contribution < -0.4 is 5.32 Å². The van der Waals surface area contributed by atoms with Crippen LogP contribution in [0, 0.1) is 0 Å². The molecule has 1 saturated carbocycles. The second kappa shape index (κ2) is 3.44. The van der Waals surface area contributed by atoms with Crippen LogP contribution in [0.3, 0.4) is 0 Å². The van der Waals surface area contributed by atoms with Crippen LogP contribution in [0.1, 0.15) is 32.6 Å². The molecule has 2 nitrogen and oxygen atoms in total. The van der Waals surface area contributed by atoms with Crippen molar-refractivity contribution in [1.82, 2.24) is 5.32 Å². The van der Waals surface area contributed by atoms with Crippen molar-refractivity contribution in [2.24, 2.45) is 0 Å². The number of carbonyl (C=O) groups is 1. The van der Waals surface area contributed by atoms with Crippen LogP contribution in [0.25, 0.3) is 0 Å². The molecule has 3 heteroatoms. The van der Waals surface area contributed by atoms with E-state index in [0.717, 1.165) is 19.3 Å². The Hall–Kier alpha value is -0.240. The summed E-state index contributed by atoms with van der Waals surface area (Å²) in [5.41, 5.74) is 0.103. The molecule has 64 valence electrons. The van der Waals surface area contributed by atoms with Crippen LogP contribution in [-0.2, 0) is 4.79 Å². The van der Waals surface area contributed by atoms with E-state index < -0.39 is 0 Å². The minimum Gasteiger partial charge on any atom is -0.350 e. The number of hydrogen-bond acceptors (Lipinski definition) is 1. The summed E-state index contributed by atoms with van der Waals surface area (Å²) in [5.74, 6) is 0.0510. The molecule has 1 aliphatic rings. The number of amides is 1. The highest BCUT2D eigenvalue weighted by Gasteiger charge is 2.35. The highest BCUT2D eigenvalue weighted by Crippen LogP contribution is 2.34. The topological polar surface area (TPSA) is 29.1 Å². The number of halogens is 1. The van der Waals surface area contributed by atoms with E-state index in [-0.39, 0.29) is 17.3 Å². The van der Waals surface area contributed by atoms with Crippen molar-refractivity contribution in [2.45, 2.75) is 38.1 Å². The first-order valence-corrected chi connectivity index (χ1v) is 4.63. The second-order valence-corrected chi connectivity index (χ2v) is 3.44. The van der Waals surface area contributed by atoms with Gasteiger partial charge in [-0.25, -0.2) is 0 Å². The summed E-state index contributed by atoms with van der Waals surface area (Å²) in [6.45, 7) is 2.10. The van der Waals surface area contributed by atoms with Gasteiger partial charge in [-0.3, -0.25) is 4.79 Å². The fourth-order valence-corrected chi connectivity index (χ4v) is 1.57. The second-order valence-electron chi connectivity index (χ2n) is 3.17. The van der Waals surface area contributed by atoms with Crippen LogP contribution in [0.5, 0.6) is 0 Å². The fraction of sp³-hybridized carbons (Fsp3) is 0.875. The van der Waals surface area contributed by atoms with Crippen molar-refractivity contribution in [2.75, 3.05) is 5.88 Å². The number of alkyl halides is 1. The lowest BCUT2D eigenvalue weighted by Crippen LogP contribution is -2.53. The predicted molar refractivity (Wildman–Crippen MR) is 45.7 cm³/mol. The van der Waals surface area contributed by atoms with Gasteiger partial charge in [-0.2, -0.15) is 0 Å². The lowest BCUT2D eigenvalue weighted by Gasteiger charge is -2.41. The molecule has 0 atom stereocenters. The number of hydrogen-bond donors (Lipinski definition) is 1. The van der Waals surface area contributed by atoms with Gasteiger partial charge in [-0.05, 0) is 25.7 Å².